The fraction of sp³-hybridized carbons (Fsp3) is 0.364. The molecule has 0 spiro atoms. The fourth-order valence-electron chi connectivity index (χ4n) is 1.27. The summed E-state index contributed by atoms with van der Waals surface area (Å²) in [7, 11) is 0. The molecule has 90 valence electrons. The Morgan fingerprint density at radius 3 is 2.75 bits per heavy atom. The van der Waals surface area contributed by atoms with Crippen LogP contribution in [-0.2, 0) is 0 Å². The number of carboxylic acid groups (broad SMARTS) is 1. The minimum absolute atomic E-state index is 0. The number of halogens is 1. The summed E-state index contributed by atoms with van der Waals surface area (Å²) in [5, 5.41) is 8.89. The van der Waals surface area contributed by atoms with Crippen molar-refractivity contribution < 1.29 is 14.6 Å². The van der Waals surface area contributed by atoms with Crippen molar-refractivity contribution in [3.8, 4) is 5.75 Å². The molecule has 0 aromatic heterocycles. The Balaban J connectivity index is 0.00000225. The zero-order valence-electron chi connectivity index (χ0n) is 9.10. The van der Waals surface area contributed by atoms with Gasteiger partial charge >= 0.3 is 5.97 Å². The monoisotopic (exact) mass is 245 g/mol. The fourth-order valence-corrected chi connectivity index (χ4v) is 1.27. The lowest BCUT2D eigenvalue weighted by molar-refractivity contribution is 0.0695. The van der Waals surface area contributed by atoms with Gasteiger partial charge < -0.3 is 15.6 Å². The summed E-state index contributed by atoms with van der Waals surface area (Å²) in [4.78, 5) is 10.8. The largest absolute Gasteiger partial charge is 0.493 e. The van der Waals surface area contributed by atoms with E-state index in [1.165, 1.54) is 0 Å². The molecule has 0 heterocycles. The molecular weight excluding hydrogens is 230 g/mol. The number of carbonyl (C=O) groups is 1. The number of hydrogen-bond acceptors (Lipinski definition) is 3. The van der Waals surface area contributed by atoms with Gasteiger partial charge in [-0.15, -0.1) is 12.4 Å². The van der Waals surface area contributed by atoms with Crippen molar-refractivity contribution in [1.82, 2.24) is 0 Å². The van der Waals surface area contributed by atoms with Crippen LogP contribution in [-0.4, -0.2) is 24.2 Å². The molecule has 3 N–H and O–H groups in total. The molecule has 16 heavy (non-hydrogen) atoms. The summed E-state index contributed by atoms with van der Waals surface area (Å²) in [5.41, 5.74) is 6.27. The van der Waals surface area contributed by atoms with E-state index in [0.29, 0.717) is 24.5 Å². The van der Waals surface area contributed by atoms with Crippen LogP contribution < -0.4 is 10.5 Å². The van der Waals surface area contributed by atoms with Gasteiger partial charge in [-0.25, -0.2) is 4.79 Å². The molecule has 5 heteroatoms. The first-order chi connectivity index (χ1) is 7.16. The van der Waals surface area contributed by atoms with Gasteiger partial charge in [-0.3, -0.25) is 0 Å². The molecular formula is C11H16ClNO3. The van der Waals surface area contributed by atoms with Crippen LogP contribution in [0.3, 0.4) is 0 Å². The first-order valence-corrected chi connectivity index (χ1v) is 4.82. The highest BCUT2D eigenvalue weighted by Crippen LogP contribution is 2.21. The summed E-state index contributed by atoms with van der Waals surface area (Å²) in [6.07, 6.45) is 0.761. The van der Waals surface area contributed by atoms with Crippen molar-refractivity contribution >= 4 is 18.4 Å². The normalized spacial score (nSPS) is 9.38. The van der Waals surface area contributed by atoms with Gasteiger partial charge in [0.25, 0.3) is 0 Å². The van der Waals surface area contributed by atoms with Crippen molar-refractivity contribution in [3.63, 3.8) is 0 Å². The highest BCUT2D eigenvalue weighted by atomic mass is 35.5. The third-order valence-corrected chi connectivity index (χ3v) is 2.12. The summed E-state index contributed by atoms with van der Waals surface area (Å²) in [5.74, 6) is -0.319. The smallest absolute Gasteiger partial charge is 0.336 e. The predicted octanol–water partition coefficient (Wildman–Crippen LogP) is 1.84. The zero-order chi connectivity index (χ0) is 11.3. The number of carboxylic acids is 1. The third-order valence-electron chi connectivity index (χ3n) is 2.12. The molecule has 0 unspecified atom stereocenters. The number of nitrogens with two attached hydrogens (primary N) is 1. The predicted molar refractivity (Wildman–Crippen MR) is 64.6 cm³/mol. The molecule has 1 aromatic carbocycles. The first kappa shape index (κ1) is 14.7. The number of aromatic carboxylic acids is 1. The summed E-state index contributed by atoms with van der Waals surface area (Å²) >= 11 is 0. The third kappa shape index (κ3) is 3.72. The standard InChI is InChI=1S/C11H15NO3.ClH/c1-8-9(11(13)14)4-2-5-10(8)15-7-3-6-12;/h2,4-5H,3,6-7,12H2,1H3,(H,13,14);1H. The molecule has 0 bridgehead atoms. The summed E-state index contributed by atoms with van der Waals surface area (Å²) < 4.78 is 5.42. The van der Waals surface area contributed by atoms with Crippen molar-refractivity contribution in [2.45, 2.75) is 13.3 Å². The molecule has 0 saturated carbocycles. The SMILES string of the molecule is Cc1c(OCCCN)cccc1C(=O)O.Cl. The lowest BCUT2D eigenvalue weighted by Gasteiger charge is -2.10. The Labute approximate surface area is 101 Å². The molecule has 0 fully saturated rings. The Hall–Kier alpha value is -1.26. The van der Waals surface area contributed by atoms with Gasteiger partial charge in [-0.1, -0.05) is 6.07 Å². The van der Waals surface area contributed by atoms with Crippen LogP contribution in [0.5, 0.6) is 5.75 Å². The quantitative estimate of drug-likeness (QED) is 0.777. The molecule has 0 amide bonds. The van der Waals surface area contributed by atoms with E-state index in [1.54, 1.807) is 25.1 Å². The first-order valence-electron chi connectivity index (χ1n) is 4.82. The summed E-state index contributed by atoms with van der Waals surface area (Å²) in [6.45, 7) is 2.82. The molecule has 0 aliphatic carbocycles. The van der Waals surface area contributed by atoms with E-state index >= 15 is 0 Å². The van der Waals surface area contributed by atoms with Crippen molar-refractivity contribution in [2.75, 3.05) is 13.2 Å². The van der Waals surface area contributed by atoms with Gasteiger partial charge in [0.2, 0.25) is 0 Å². The molecule has 1 aromatic rings. The number of hydrogen-bond donors (Lipinski definition) is 2. The van der Waals surface area contributed by atoms with Crippen LogP contribution in [0.15, 0.2) is 18.2 Å². The lowest BCUT2D eigenvalue weighted by atomic mass is 10.1. The van der Waals surface area contributed by atoms with Crippen molar-refractivity contribution in [1.29, 1.82) is 0 Å². The maximum absolute atomic E-state index is 10.8. The second kappa shape index (κ2) is 7.09. The Bertz CT molecular complexity index is 355. The average molecular weight is 246 g/mol. The van der Waals surface area contributed by atoms with Crippen LogP contribution in [0.4, 0.5) is 0 Å². The molecule has 0 aliphatic heterocycles. The second-order valence-electron chi connectivity index (χ2n) is 3.22. The van der Waals surface area contributed by atoms with Crippen LogP contribution in [0.2, 0.25) is 0 Å². The van der Waals surface area contributed by atoms with E-state index in [0.717, 1.165) is 6.42 Å². The summed E-state index contributed by atoms with van der Waals surface area (Å²) in [6, 6.07) is 5.00. The van der Waals surface area contributed by atoms with E-state index in [-0.39, 0.29) is 18.0 Å². The van der Waals surface area contributed by atoms with E-state index in [1.807, 2.05) is 0 Å². The van der Waals surface area contributed by atoms with Gasteiger partial charge in [0, 0.05) is 5.56 Å². The number of benzene rings is 1. The number of ether oxygens (including phenoxy) is 1. The van der Waals surface area contributed by atoms with Gasteiger partial charge in [0.15, 0.2) is 0 Å². The molecule has 0 radical (unpaired) electrons. The van der Waals surface area contributed by atoms with E-state index in [4.69, 9.17) is 15.6 Å². The minimum atomic E-state index is -0.934. The van der Waals surface area contributed by atoms with E-state index < -0.39 is 5.97 Å². The molecule has 4 nitrogen and oxygen atoms in total. The number of rotatable bonds is 5. The minimum Gasteiger partial charge on any atom is -0.493 e. The highest BCUT2D eigenvalue weighted by molar-refractivity contribution is 5.90. The molecule has 0 atom stereocenters. The maximum Gasteiger partial charge on any atom is 0.336 e. The van der Waals surface area contributed by atoms with Crippen LogP contribution in [0.1, 0.15) is 22.3 Å². The Kier molecular flexibility index (Phi) is 6.53. The van der Waals surface area contributed by atoms with Gasteiger partial charge in [0.1, 0.15) is 5.75 Å². The molecule has 0 aliphatic rings. The molecule has 0 saturated heterocycles. The Morgan fingerprint density at radius 2 is 2.19 bits per heavy atom. The zero-order valence-corrected chi connectivity index (χ0v) is 9.92. The van der Waals surface area contributed by atoms with Gasteiger partial charge in [0.05, 0.1) is 12.2 Å². The highest BCUT2D eigenvalue weighted by Gasteiger charge is 2.10. The topological polar surface area (TPSA) is 72.5 Å². The van der Waals surface area contributed by atoms with E-state index in [9.17, 15) is 4.79 Å². The second-order valence-corrected chi connectivity index (χ2v) is 3.22. The van der Waals surface area contributed by atoms with Crippen LogP contribution >= 0.6 is 12.4 Å². The maximum atomic E-state index is 10.8. The van der Waals surface area contributed by atoms with Gasteiger partial charge in [-0.2, -0.15) is 0 Å². The van der Waals surface area contributed by atoms with Crippen molar-refractivity contribution in [2.24, 2.45) is 5.73 Å². The van der Waals surface area contributed by atoms with Crippen molar-refractivity contribution in [3.05, 3.63) is 29.3 Å². The average Bonchev–Trinajstić information content (AvgIpc) is 2.20. The van der Waals surface area contributed by atoms with E-state index in [2.05, 4.69) is 0 Å². The van der Waals surface area contributed by atoms with Gasteiger partial charge in [-0.05, 0) is 32.0 Å². The lowest BCUT2D eigenvalue weighted by Crippen LogP contribution is -2.08. The van der Waals surface area contributed by atoms with Crippen LogP contribution in [0, 0.1) is 6.92 Å². The Morgan fingerprint density at radius 1 is 1.50 bits per heavy atom. The van der Waals surface area contributed by atoms with Crippen LogP contribution in [0.25, 0.3) is 0 Å². The molecule has 1 rings (SSSR count).